The van der Waals surface area contributed by atoms with Gasteiger partial charge in [0.1, 0.15) is 5.75 Å². The van der Waals surface area contributed by atoms with Crippen LogP contribution in [0.1, 0.15) is 11.1 Å². The van der Waals surface area contributed by atoms with Crippen molar-refractivity contribution in [2.24, 2.45) is 14.1 Å². The van der Waals surface area contributed by atoms with Gasteiger partial charge in [0, 0.05) is 23.9 Å². The number of rotatable bonds is 6. The van der Waals surface area contributed by atoms with Crippen LogP contribution in [-0.4, -0.2) is 24.7 Å². The fraction of sp³-hybridized carbons (Fsp3) is 0.208. The zero-order chi connectivity index (χ0) is 23.9. The number of aromatic nitrogens is 2. The number of hydrogen-bond acceptors (Lipinski definition) is 5. The van der Waals surface area contributed by atoms with Gasteiger partial charge in [-0.3, -0.25) is 13.9 Å². The van der Waals surface area contributed by atoms with Gasteiger partial charge in [-0.15, -0.1) is 0 Å². The van der Waals surface area contributed by atoms with Crippen LogP contribution >= 0.6 is 11.8 Å². The van der Waals surface area contributed by atoms with Crippen LogP contribution in [0.25, 0.3) is 11.0 Å². The Morgan fingerprint density at radius 3 is 2.12 bits per heavy atom. The lowest BCUT2D eigenvalue weighted by atomic mass is 10.1. The summed E-state index contributed by atoms with van der Waals surface area (Å²) in [5, 5.41) is 0. The van der Waals surface area contributed by atoms with Gasteiger partial charge < -0.3 is 4.74 Å². The molecule has 0 spiro atoms. The maximum Gasteiger partial charge on any atom is 0.328 e. The lowest BCUT2D eigenvalue weighted by molar-refractivity contribution is 0.414. The van der Waals surface area contributed by atoms with Crippen LogP contribution in [0.5, 0.6) is 5.75 Å². The molecular formula is C24H25N3O4S2. The van der Waals surface area contributed by atoms with Crippen LogP contribution in [0.3, 0.4) is 0 Å². The van der Waals surface area contributed by atoms with Crippen LogP contribution in [0.4, 0.5) is 5.69 Å². The molecule has 4 rings (SSSR count). The molecule has 4 aromatic rings. The summed E-state index contributed by atoms with van der Waals surface area (Å²) in [6, 6.07) is 16.1. The zero-order valence-corrected chi connectivity index (χ0v) is 20.7. The molecule has 0 aliphatic carbocycles. The van der Waals surface area contributed by atoms with Crippen molar-refractivity contribution in [2.75, 3.05) is 11.8 Å². The Morgan fingerprint density at radius 1 is 0.879 bits per heavy atom. The van der Waals surface area contributed by atoms with E-state index in [2.05, 4.69) is 4.72 Å². The number of imidazole rings is 1. The molecule has 172 valence electrons. The average molecular weight is 484 g/mol. The monoisotopic (exact) mass is 483 g/mol. The van der Waals surface area contributed by atoms with Crippen LogP contribution in [0, 0.1) is 13.8 Å². The van der Waals surface area contributed by atoms with Crippen LogP contribution in [0.2, 0.25) is 0 Å². The molecule has 0 saturated heterocycles. The first-order chi connectivity index (χ1) is 15.6. The number of ether oxygens (including phenoxy) is 1. The lowest BCUT2D eigenvalue weighted by Crippen LogP contribution is -2.19. The third-order valence-corrected chi connectivity index (χ3v) is 8.12. The summed E-state index contributed by atoms with van der Waals surface area (Å²) in [6.07, 6.45) is 0. The topological polar surface area (TPSA) is 82.3 Å². The van der Waals surface area contributed by atoms with Crippen molar-refractivity contribution in [3.05, 3.63) is 76.2 Å². The molecule has 0 bridgehead atoms. The summed E-state index contributed by atoms with van der Waals surface area (Å²) in [7, 11) is 1.13. The van der Waals surface area contributed by atoms with E-state index in [1.807, 2.05) is 44.2 Å². The highest BCUT2D eigenvalue weighted by molar-refractivity contribution is 7.99. The Bertz CT molecular complexity index is 1520. The van der Waals surface area contributed by atoms with E-state index in [1.165, 1.54) is 16.3 Å². The summed E-state index contributed by atoms with van der Waals surface area (Å²) in [6.45, 7) is 3.82. The molecule has 0 aliphatic heterocycles. The normalized spacial score (nSPS) is 11.7. The van der Waals surface area contributed by atoms with Gasteiger partial charge in [0.15, 0.2) is 0 Å². The number of aryl methyl sites for hydroxylation is 4. The standard InChI is InChI=1S/C24H25N3O4S2/c1-15-6-11-19(12-16(15)2)33(29,30)25-20-13-21-22(27(4)24(28)26(21)3)14-23(20)32-18-9-7-17(31-5)8-10-18/h6-14,25H,1-5H3. The number of sulfonamides is 1. The molecular weight excluding hydrogens is 458 g/mol. The predicted molar refractivity (Wildman–Crippen MR) is 132 cm³/mol. The first kappa shape index (κ1) is 23.0. The minimum atomic E-state index is -3.84. The number of nitrogens with zero attached hydrogens (tertiary/aromatic N) is 2. The largest absolute Gasteiger partial charge is 0.497 e. The molecule has 9 heteroatoms. The van der Waals surface area contributed by atoms with Crippen LogP contribution < -0.4 is 15.1 Å². The van der Waals surface area contributed by atoms with E-state index in [0.29, 0.717) is 21.6 Å². The van der Waals surface area contributed by atoms with E-state index < -0.39 is 10.0 Å². The quantitative estimate of drug-likeness (QED) is 0.438. The number of anilines is 1. The molecule has 0 amide bonds. The summed E-state index contributed by atoms with van der Waals surface area (Å²) in [5.41, 5.74) is 3.49. The molecule has 0 aliphatic rings. The molecule has 33 heavy (non-hydrogen) atoms. The first-order valence-corrected chi connectivity index (χ1v) is 12.5. The molecule has 1 heterocycles. The fourth-order valence-electron chi connectivity index (χ4n) is 3.55. The summed E-state index contributed by atoms with van der Waals surface area (Å²) >= 11 is 1.41. The Labute approximate surface area is 197 Å². The second-order valence-corrected chi connectivity index (χ2v) is 10.7. The van der Waals surface area contributed by atoms with Crippen molar-refractivity contribution >= 4 is 38.5 Å². The second kappa shape index (κ2) is 8.64. The maximum absolute atomic E-state index is 13.2. The smallest absolute Gasteiger partial charge is 0.328 e. The Balaban J connectivity index is 1.83. The average Bonchev–Trinajstić information content (AvgIpc) is 2.99. The Kier molecular flexibility index (Phi) is 6.02. The molecule has 0 atom stereocenters. The number of methoxy groups -OCH3 is 1. The molecule has 7 nitrogen and oxygen atoms in total. The van der Waals surface area contributed by atoms with Gasteiger partial charge in [-0.2, -0.15) is 0 Å². The molecule has 1 aromatic heterocycles. The van der Waals surface area contributed by atoms with Gasteiger partial charge in [0.25, 0.3) is 10.0 Å². The molecule has 3 aromatic carbocycles. The van der Waals surface area contributed by atoms with E-state index in [0.717, 1.165) is 21.8 Å². The number of hydrogen-bond donors (Lipinski definition) is 1. The third kappa shape index (κ3) is 4.38. The van der Waals surface area contributed by atoms with Gasteiger partial charge in [-0.05, 0) is 73.5 Å². The van der Waals surface area contributed by atoms with E-state index in [1.54, 1.807) is 50.0 Å². The SMILES string of the molecule is COc1ccc(Sc2cc3c(cc2NS(=O)(=O)c2ccc(C)c(C)c2)n(C)c(=O)n3C)cc1. The highest BCUT2D eigenvalue weighted by Gasteiger charge is 2.20. The fourth-order valence-corrected chi connectivity index (χ4v) is 5.68. The van der Waals surface area contributed by atoms with Crippen molar-refractivity contribution in [1.82, 2.24) is 9.13 Å². The third-order valence-electron chi connectivity index (χ3n) is 5.69. The highest BCUT2D eigenvalue weighted by Crippen LogP contribution is 2.38. The summed E-state index contributed by atoms with van der Waals surface area (Å²) in [5.74, 6) is 0.732. The van der Waals surface area contributed by atoms with E-state index >= 15 is 0 Å². The molecule has 0 saturated carbocycles. The highest BCUT2D eigenvalue weighted by atomic mass is 32.2. The lowest BCUT2D eigenvalue weighted by Gasteiger charge is -2.14. The molecule has 0 radical (unpaired) electrons. The summed E-state index contributed by atoms with van der Waals surface area (Å²) < 4.78 is 37.5. The van der Waals surface area contributed by atoms with Gasteiger partial charge in [-0.1, -0.05) is 17.8 Å². The van der Waals surface area contributed by atoms with Crippen molar-refractivity contribution < 1.29 is 13.2 Å². The van der Waals surface area contributed by atoms with Gasteiger partial charge in [0.05, 0.1) is 28.7 Å². The van der Waals surface area contributed by atoms with Gasteiger partial charge >= 0.3 is 5.69 Å². The van der Waals surface area contributed by atoms with Gasteiger partial charge in [-0.25, -0.2) is 13.2 Å². The van der Waals surface area contributed by atoms with Crippen molar-refractivity contribution in [3.63, 3.8) is 0 Å². The van der Waals surface area contributed by atoms with Gasteiger partial charge in [0.2, 0.25) is 0 Å². The minimum absolute atomic E-state index is 0.181. The molecule has 0 fully saturated rings. The molecule has 0 unspecified atom stereocenters. The Morgan fingerprint density at radius 2 is 1.52 bits per heavy atom. The van der Waals surface area contributed by atoms with E-state index in [-0.39, 0.29) is 10.6 Å². The molecule has 1 N–H and O–H groups in total. The summed E-state index contributed by atoms with van der Waals surface area (Å²) in [4.78, 5) is 14.3. The predicted octanol–water partition coefficient (Wildman–Crippen LogP) is 4.45. The van der Waals surface area contributed by atoms with Crippen molar-refractivity contribution in [1.29, 1.82) is 0 Å². The minimum Gasteiger partial charge on any atom is -0.497 e. The first-order valence-electron chi connectivity index (χ1n) is 10.2. The number of nitrogens with one attached hydrogen (secondary N) is 1. The number of fused-ring (bicyclic) bond motifs is 1. The van der Waals surface area contributed by atoms with E-state index in [9.17, 15) is 13.2 Å². The second-order valence-electron chi connectivity index (χ2n) is 7.87. The van der Waals surface area contributed by atoms with Crippen LogP contribution in [0.15, 0.2) is 74.1 Å². The van der Waals surface area contributed by atoms with Crippen LogP contribution in [-0.2, 0) is 24.1 Å². The zero-order valence-electron chi connectivity index (χ0n) is 19.0. The van der Waals surface area contributed by atoms with Crippen molar-refractivity contribution in [2.45, 2.75) is 28.5 Å². The number of benzene rings is 3. The maximum atomic E-state index is 13.2. The Hall–Kier alpha value is -3.17. The van der Waals surface area contributed by atoms with Crippen molar-refractivity contribution in [3.8, 4) is 5.75 Å². The van der Waals surface area contributed by atoms with E-state index in [4.69, 9.17) is 4.74 Å².